The zero-order valence-corrected chi connectivity index (χ0v) is 11.5. The summed E-state index contributed by atoms with van der Waals surface area (Å²) in [5.41, 5.74) is 1.82. The van der Waals surface area contributed by atoms with E-state index in [4.69, 9.17) is 4.74 Å². The second kappa shape index (κ2) is 5.55. The van der Waals surface area contributed by atoms with Crippen molar-refractivity contribution in [1.82, 2.24) is 0 Å². The second-order valence-corrected chi connectivity index (χ2v) is 5.56. The van der Waals surface area contributed by atoms with Crippen LogP contribution in [0.5, 0.6) is 5.75 Å². The minimum atomic E-state index is 0.0814. The maximum atomic E-state index is 11.6. The Morgan fingerprint density at radius 3 is 2.50 bits per heavy atom. The van der Waals surface area contributed by atoms with Crippen LogP contribution < -0.4 is 4.74 Å². The van der Waals surface area contributed by atoms with Gasteiger partial charge in [0, 0.05) is 0 Å². The molecule has 2 nitrogen and oxygen atoms in total. The van der Waals surface area contributed by atoms with Gasteiger partial charge < -0.3 is 4.74 Å². The molecule has 2 rings (SSSR count). The van der Waals surface area contributed by atoms with Crippen LogP contribution in [0.2, 0.25) is 0 Å². The predicted molar refractivity (Wildman–Crippen MR) is 73.2 cm³/mol. The van der Waals surface area contributed by atoms with E-state index in [1.807, 2.05) is 25.1 Å². The zero-order chi connectivity index (χ0) is 13.1. The van der Waals surface area contributed by atoms with E-state index in [1.54, 1.807) is 6.92 Å². The summed E-state index contributed by atoms with van der Waals surface area (Å²) in [7, 11) is 0. The third kappa shape index (κ3) is 3.12. The topological polar surface area (TPSA) is 26.3 Å². The molecule has 0 amide bonds. The number of carbonyl (C=O) groups excluding carboxylic acids is 1. The largest absolute Gasteiger partial charge is 0.490 e. The first-order valence-corrected chi connectivity index (χ1v) is 6.84. The van der Waals surface area contributed by atoms with Crippen molar-refractivity contribution < 1.29 is 9.53 Å². The molecule has 0 saturated heterocycles. The van der Waals surface area contributed by atoms with E-state index in [0.717, 1.165) is 30.1 Å². The molecule has 0 unspecified atom stereocenters. The molecule has 1 fully saturated rings. The summed E-state index contributed by atoms with van der Waals surface area (Å²) >= 11 is 0. The molecule has 1 saturated carbocycles. The Balaban J connectivity index is 2.11. The first kappa shape index (κ1) is 13.1. The van der Waals surface area contributed by atoms with Crippen molar-refractivity contribution in [1.29, 1.82) is 0 Å². The molecule has 1 aromatic carbocycles. The Hall–Kier alpha value is -1.31. The van der Waals surface area contributed by atoms with E-state index in [0.29, 0.717) is 5.56 Å². The molecule has 1 aliphatic rings. The van der Waals surface area contributed by atoms with Gasteiger partial charge in [-0.3, -0.25) is 4.79 Å². The lowest BCUT2D eigenvalue weighted by molar-refractivity contribution is 0.0996. The molecule has 18 heavy (non-hydrogen) atoms. The van der Waals surface area contributed by atoms with Gasteiger partial charge in [0.15, 0.2) is 5.78 Å². The maximum Gasteiger partial charge on any atom is 0.163 e. The molecule has 0 spiro atoms. The molecular formula is C16H22O2. The van der Waals surface area contributed by atoms with Crippen LogP contribution in [-0.2, 0) is 0 Å². The lowest BCUT2D eigenvalue weighted by atomic mass is 9.89. The lowest BCUT2D eigenvalue weighted by Gasteiger charge is -2.27. The molecule has 0 N–H and O–H groups in total. The summed E-state index contributed by atoms with van der Waals surface area (Å²) in [6.45, 7) is 5.90. The molecule has 1 aliphatic carbocycles. The highest BCUT2D eigenvalue weighted by molar-refractivity contribution is 5.97. The number of hydrogen-bond acceptors (Lipinski definition) is 2. The highest BCUT2D eigenvalue weighted by Gasteiger charge is 2.21. The number of hydrogen-bond donors (Lipinski definition) is 0. The van der Waals surface area contributed by atoms with Gasteiger partial charge >= 0.3 is 0 Å². The second-order valence-electron chi connectivity index (χ2n) is 5.56. The normalized spacial score (nSPS) is 23.7. The number of ether oxygens (including phenoxy) is 1. The van der Waals surface area contributed by atoms with E-state index in [9.17, 15) is 4.79 Å². The van der Waals surface area contributed by atoms with Crippen LogP contribution in [0, 0.1) is 12.8 Å². The van der Waals surface area contributed by atoms with Crippen molar-refractivity contribution >= 4 is 5.78 Å². The van der Waals surface area contributed by atoms with Crippen LogP contribution in [0.3, 0.4) is 0 Å². The van der Waals surface area contributed by atoms with Crippen molar-refractivity contribution in [2.75, 3.05) is 0 Å². The average molecular weight is 246 g/mol. The number of aryl methyl sites for hydroxylation is 1. The SMILES string of the molecule is CC(=O)c1cc(C)ccc1OC1CCC(C)CC1. The summed E-state index contributed by atoms with van der Waals surface area (Å²) in [5, 5.41) is 0. The van der Waals surface area contributed by atoms with Crippen LogP contribution in [0.4, 0.5) is 0 Å². The minimum Gasteiger partial charge on any atom is -0.490 e. The van der Waals surface area contributed by atoms with Crippen molar-refractivity contribution in [3.8, 4) is 5.75 Å². The van der Waals surface area contributed by atoms with E-state index in [1.165, 1.54) is 12.8 Å². The van der Waals surface area contributed by atoms with Gasteiger partial charge in [0.2, 0.25) is 0 Å². The smallest absolute Gasteiger partial charge is 0.163 e. The Labute approximate surface area is 109 Å². The van der Waals surface area contributed by atoms with Gasteiger partial charge in [0.05, 0.1) is 11.7 Å². The van der Waals surface area contributed by atoms with Gasteiger partial charge in [0.1, 0.15) is 5.75 Å². The van der Waals surface area contributed by atoms with E-state index >= 15 is 0 Å². The highest BCUT2D eigenvalue weighted by Crippen LogP contribution is 2.29. The van der Waals surface area contributed by atoms with Crippen molar-refractivity contribution in [3.05, 3.63) is 29.3 Å². The van der Waals surface area contributed by atoms with Gasteiger partial charge in [0.25, 0.3) is 0 Å². The van der Waals surface area contributed by atoms with Crippen LogP contribution in [0.15, 0.2) is 18.2 Å². The van der Waals surface area contributed by atoms with Gasteiger partial charge in [-0.1, -0.05) is 18.6 Å². The molecule has 2 heteroatoms. The Bertz CT molecular complexity index is 429. The number of benzene rings is 1. The quantitative estimate of drug-likeness (QED) is 0.749. The lowest BCUT2D eigenvalue weighted by Crippen LogP contribution is -2.23. The fourth-order valence-electron chi connectivity index (χ4n) is 2.55. The molecule has 1 aromatic rings. The first-order valence-electron chi connectivity index (χ1n) is 6.84. The van der Waals surface area contributed by atoms with Gasteiger partial charge in [-0.05, 0) is 57.6 Å². The average Bonchev–Trinajstić information content (AvgIpc) is 2.34. The fraction of sp³-hybridized carbons (Fsp3) is 0.562. The Morgan fingerprint density at radius 1 is 1.22 bits per heavy atom. The third-order valence-electron chi connectivity index (χ3n) is 3.77. The maximum absolute atomic E-state index is 11.6. The Kier molecular flexibility index (Phi) is 4.05. The minimum absolute atomic E-state index is 0.0814. The summed E-state index contributed by atoms with van der Waals surface area (Å²) in [6.07, 6.45) is 4.94. The molecular weight excluding hydrogens is 224 g/mol. The standard InChI is InChI=1S/C16H22O2/c1-11-4-7-14(8-5-11)18-16-9-6-12(2)10-15(16)13(3)17/h6,9-11,14H,4-5,7-8H2,1-3H3. The van der Waals surface area contributed by atoms with Crippen LogP contribution in [0.1, 0.15) is 55.5 Å². The van der Waals surface area contributed by atoms with Crippen molar-refractivity contribution in [2.24, 2.45) is 5.92 Å². The fourth-order valence-corrected chi connectivity index (χ4v) is 2.55. The number of carbonyl (C=O) groups is 1. The van der Waals surface area contributed by atoms with E-state index in [-0.39, 0.29) is 11.9 Å². The molecule has 0 atom stereocenters. The zero-order valence-electron chi connectivity index (χ0n) is 11.5. The first-order chi connectivity index (χ1) is 8.56. The van der Waals surface area contributed by atoms with E-state index in [2.05, 4.69) is 6.92 Å². The molecule has 0 radical (unpaired) electrons. The molecule has 0 bridgehead atoms. The van der Waals surface area contributed by atoms with Gasteiger partial charge in [-0.2, -0.15) is 0 Å². The Morgan fingerprint density at radius 2 is 1.89 bits per heavy atom. The van der Waals surface area contributed by atoms with Gasteiger partial charge in [-0.25, -0.2) is 0 Å². The summed E-state index contributed by atoms with van der Waals surface area (Å²) in [5.74, 6) is 1.65. The molecule has 98 valence electrons. The van der Waals surface area contributed by atoms with Crippen LogP contribution >= 0.6 is 0 Å². The summed E-state index contributed by atoms with van der Waals surface area (Å²) in [6, 6.07) is 5.86. The predicted octanol–water partition coefficient (Wildman–Crippen LogP) is 4.16. The van der Waals surface area contributed by atoms with Crippen molar-refractivity contribution in [3.63, 3.8) is 0 Å². The van der Waals surface area contributed by atoms with E-state index < -0.39 is 0 Å². The molecule has 0 aromatic heterocycles. The monoisotopic (exact) mass is 246 g/mol. The van der Waals surface area contributed by atoms with Crippen LogP contribution in [-0.4, -0.2) is 11.9 Å². The summed E-state index contributed by atoms with van der Waals surface area (Å²) in [4.78, 5) is 11.6. The van der Waals surface area contributed by atoms with Crippen LogP contribution in [0.25, 0.3) is 0 Å². The molecule has 0 heterocycles. The highest BCUT2D eigenvalue weighted by atomic mass is 16.5. The molecule has 0 aliphatic heterocycles. The number of ketones is 1. The summed E-state index contributed by atoms with van der Waals surface area (Å²) < 4.78 is 6.03. The van der Waals surface area contributed by atoms with Gasteiger partial charge in [-0.15, -0.1) is 0 Å². The number of Topliss-reactive ketones (excluding diaryl/α,β-unsaturated/α-hetero) is 1. The third-order valence-corrected chi connectivity index (χ3v) is 3.77. The number of rotatable bonds is 3. The van der Waals surface area contributed by atoms with Crippen molar-refractivity contribution in [2.45, 2.75) is 52.6 Å².